The summed E-state index contributed by atoms with van der Waals surface area (Å²) < 4.78 is 0. The summed E-state index contributed by atoms with van der Waals surface area (Å²) in [5, 5.41) is 0.378. The number of rotatable bonds is 3. The summed E-state index contributed by atoms with van der Waals surface area (Å²) in [5.41, 5.74) is 0.0507. The Labute approximate surface area is 136 Å². The van der Waals surface area contributed by atoms with Crippen LogP contribution in [-0.2, 0) is 4.84 Å². The number of pyridine rings is 1. The quantitative estimate of drug-likeness (QED) is 0.869. The first-order valence-electron chi connectivity index (χ1n) is 7.33. The van der Waals surface area contributed by atoms with E-state index in [9.17, 15) is 19.2 Å². The van der Waals surface area contributed by atoms with Gasteiger partial charge in [-0.1, -0.05) is 31.0 Å². The Kier molecular flexibility index (Phi) is 3.76. The number of aromatic amines is 1. The molecular formula is C17H14N2O5. The van der Waals surface area contributed by atoms with Crippen molar-refractivity contribution in [2.24, 2.45) is 0 Å². The van der Waals surface area contributed by atoms with E-state index in [1.54, 1.807) is 18.2 Å². The number of hydroxylamine groups is 2. The van der Waals surface area contributed by atoms with Gasteiger partial charge < -0.3 is 9.82 Å². The molecule has 2 heterocycles. The lowest BCUT2D eigenvalue weighted by Crippen LogP contribution is -2.34. The highest BCUT2D eigenvalue weighted by Gasteiger charge is 2.39. The third-order valence-electron chi connectivity index (χ3n) is 3.70. The molecule has 1 aromatic heterocycles. The molecule has 24 heavy (non-hydrogen) atoms. The van der Waals surface area contributed by atoms with Gasteiger partial charge in [0.15, 0.2) is 0 Å². The van der Waals surface area contributed by atoms with Crippen LogP contribution in [0.5, 0.6) is 0 Å². The van der Waals surface area contributed by atoms with Crippen LogP contribution in [0.3, 0.4) is 0 Å². The van der Waals surface area contributed by atoms with Crippen LogP contribution in [0.4, 0.5) is 0 Å². The fourth-order valence-electron chi connectivity index (χ4n) is 2.37. The Morgan fingerprint density at radius 3 is 2.08 bits per heavy atom. The highest BCUT2D eigenvalue weighted by molar-refractivity contribution is 6.21. The molecule has 0 atom stereocenters. The minimum atomic E-state index is -1.07. The van der Waals surface area contributed by atoms with Crippen molar-refractivity contribution < 1.29 is 19.2 Å². The van der Waals surface area contributed by atoms with Gasteiger partial charge in [0, 0.05) is 5.69 Å². The smallest absolute Gasteiger partial charge is 0.325 e. The Bertz CT molecular complexity index is 878. The predicted octanol–water partition coefficient (Wildman–Crippen LogP) is 1.87. The molecule has 122 valence electrons. The zero-order valence-corrected chi connectivity index (χ0v) is 13.0. The van der Waals surface area contributed by atoms with E-state index in [1.807, 2.05) is 13.8 Å². The second-order valence-corrected chi connectivity index (χ2v) is 5.64. The fourth-order valence-corrected chi connectivity index (χ4v) is 2.37. The van der Waals surface area contributed by atoms with Gasteiger partial charge in [-0.25, -0.2) is 4.79 Å². The van der Waals surface area contributed by atoms with Crippen LogP contribution in [0.2, 0.25) is 0 Å². The Hall–Kier alpha value is -3.22. The molecule has 7 nitrogen and oxygen atoms in total. The molecule has 0 spiro atoms. The number of amides is 2. The fraction of sp³-hybridized carbons (Fsp3) is 0.176. The number of hydrogen-bond donors (Lipinski definition) is 1. The molecule has 0 saturated heterocycles. The van der Waals surface area contributed by atoms with E-state index in [0.717, 1.165) is 0 Å². The largest absolute Gasteiger partial charge is 0.369 e. The molecule has 2 aromatic rings. The molecule has 0 unspecified atom stereocenters. The number of aromatic nitrogens is 1. The molecule has 0 bridgehead atoms. The van der Waals surface area contributed by atoms with Crippen LogP contribution in [-0.4, -0.2) is 27.8 Å². The van der Waals surface area contributed by atoms with Gasteiger partial charge in [-0.15, -0.1) is 0 Å². The monoisotopic (exact) mass is 326 g/mol. The summed E-state index contributed by atoms with van der Waals surface area (Å²) in [7, 11) is 0. The molecule has 1 aromatic carbocycles. The number of benzene rings is 1. The van der Waals surface area contributed by atoms with Gasteiger partial charge in [0.1, 0.15) is 5.56 Å². The number of imide groups is 1. The van der Waals surface area contributed by atoms with Crippen LogP contribution < -0.4 is 5.56 Å². The second-order valence-electron chi connectivity index (χ2n) is 5.64. The van der Waals surface area contributed by atoms with Crippen molar-refractivity contribution in [1.29, 1.82) is 0 Å². The normalized spacial score (nSPS) is 13.4. The van der Waals surface area contributed by atoms with E-state index in [-0.39, 0.29) is 22.6 Å². The van der Waals surface area contributed by atoms with Crippen LogP contribution in [0.25, 0.3) is 0 Å². The molecule has 0 fully saturated rings. The van der Waals surface area contributed by atoms with Crippen LogP contribution in [0, 0.1) is 0 Å². The van der Waals surface area contributed by atoms with Gasteiger partial charge >= 0.3 is 5.97 Å². The van der Waals surface area contributed by atoms with Gasteiger partial charge in [0.25, 0.3) is 17.4 Å². The maximum absolute atomic E-state index is 12.2. The minimum Gasteiger partial charge on any atom is -0.325 e. The van der Waals surface area contributed by atoms with Gasteiger partial charge in [-0.05, 0) is 30.2 Å². The highest BCUT2D eigenvalue weighted by atomic mass is 16.7. The topological polar surface area (TPSA) is 96.5 Å². The summed E-state index contributed by atoms with van der Waals surface area (Å²) in [4.78, 5) is 55.9. The van der Waals surface area contributed by atoms with Gasteiger partial charge in [0.05, 0.1) is 11.1 Å². The Balaban J connectivity index is 1.85. The summed E-state index contributed by atoms with van der Waals surface area (Å²) >= 11 is 0. The zero-order chi connectivity index (χ0) is 17.4. The van der Waals surface area contributed by atoms with Crippen molar-refractivity contribution in [3.63, 3.8) is 0 Å². The van der Waals surface area contributed by atoms with E-state index < -0.39 is 23.3 Å². The SMILES string of the molecule is CC(C)c1ccc(C(=O)ON2C(=O)c3ccccc3C2=O)c(=O)[nH]1. The van der Waals surface area contributed by atoms with Crippen molar-refractivity contribution in [1.82, 2.24) is 10.0 Å². The number of nitrogens with one attached hydrogen (secondary N) is 1. The molecule has 1 aliphatic rings. The van der Waals surface area contributed by atoms with E-state index in [0.29, 0.717) is 10.8 Å². The molecule has 0 saturated carbocycles. The number of carbonyl (C=O) groups is 3. The number of H-pyrrole nitrogens is 1. The van der Waals surface area contributed by atoms with Gasteiger partial charge in [-0.3, -0.25) is 14.4 Å². The lowest BCUT2D eigenvalue weighted by molar-refractivity contribution is -0.0585. The van der Waals surface area contributed by atoms with Crippen LogP contribution in [0.1, 0.15) is 56.5 Å². The predicted molar refractivity (Wildman–Crippen MR) is 83.5 cm³/mol. The van der Waals surface area contributed by atoms with Crippen molar-refractivity contribution in [3.8, 4) is 0 Å². The first-order valence-corrected chi connectivity index (χ1v) is 7.33. The average Bonchev–Trinajstić information content (AvgIpc) is 2.80. The summed E-state index contributed by atoms with van der Waals surface area (Å²) in [6, 6.07) is 9.04. The molecule has 1 N–H and O–H groups in total. The molecule has 2 amide bonds. The standard InChI is InChI=1S/C17H14N2O5/c1-9(2)13-8-7-12(14(20)18-13)17(23)24-19-15(21)10-5-3-4-6-11(10)16(19)22/h3-9H,1-2H3,(H,18,20). The molecule has 1 aliphatic heterocycles. The number of hydrogen-bond acceptors (Lipinski definition) is 5. The first kappa shape index (κ1) is 15.7. The third-order valence-corrected chi connectivity index (χ3v) is 3.70. The number of fused-ring (bicyclic) bond motifs is 1. The Morgan fingerprint density at radius 2 is 1.58 bits per heavy atom. The molecule has 7 heteroatoms. The van der Waals surface area contributed by atoms with E-state index in [2.05, 4.69) is 4.98 Å². The van der Waals surface area contributed by atoms with Crippen LogP contribution in [0.15, 0.2) is 41.2 Å². The van der Waals surface area contributed by atoms with Crippen LogP contribution >= 0.6 is 0 Å². The van der Waals surface area contributed by atoms with Crippen molar-refractivity contribution >= 4 is 17.8 Å². The summed E-state index contributed by atoms with van der Waals surface area (Å²) in [5.74, 6) is -2.46. The lowest BCUT2D eigenvalue weighted by Gasteiger charge is -2.12. The van der Waals surface area contributed by atoms with Gasteiger partial charge in [0.2, 0.25) is 0 Å². The van der Waals surface area contributed by atoms with E-state index in [4.69, 9.17) is 4.84 Å². The third kappa shape index (κ3) is 2.50. The first-order chi connectivity index (χ1) is 11.4. The summed E-state index contributed by atoms with van der Waals surface area (Å²) in [6.45, 7) is 3.78. The second kappa shape index (κ2) is 5.77. The maximum Gasteiger partial charge on any atom is 0.369 e. The molecule has 0 radical (unpaired) electrons. The average molecular weight is 326 g/mol. The van der Waals surface area contributed by atoms with Crippen molar-refractivity contribution in [3.05, 3.63) is 69.1 Å². The van der Waals surface area contributed by atoms with Crippen molar-refractivity contribution in [2.75, 3.05) is 0 Å². The lowest BCUT2D eigenvalue weighted by atomic mass is 10.1. The summed E-state index contributed by atoms with van der Waals surface area (Å²) in [6.07, 6.45) is 0. The Morgan fingerprint density at radius 1 is 1.00 bits per heavy atom. The molecular weight excluding hydrogens is 312 g/mol. The van der Waals surface area contributed by atoms with Gasteiger partial charge in [-0.2, -0.15) is 0 Å². The maximum atomic E-state index is 12.2. The number of carbonyl (C=O) groups excluding carboxylic acids is 3. The van der Waals surface area contributed by atoms with E-state index >= 15 is 0 Å². The highest BCUT2D eigenvalue weighted by Crippen LogP contribution is 2.23. The zero-order valence-electron chi connectivity index (χ0n) is 13.0. The van der Waals surface area contributed by atoms with E-state index in [1.165, 1.54) is 18.2 Å². The molecule has 0 aliphatic carbocycles. The number of nitrogens with zero attached hydrogens (tertiary/aromatic N) is 1. The minimum absolute atomic E-state index is 0.0824. The van der Waals surface area contributed by atoms with Crippen molar-refractivity contribution in [2.45, 2.75) is 19.8 Å². The molecule has 3 rings (SSSR count).